The monoisotopic (exact) mass is 497 g/mol. The van der Waals surface area contributed by atoms with E-state index in [2.05, 4.69) is 31.2 Å². The van der Waals surface area contributed by atoms with E-state index in [1.807, 2.05) is 13.1 Å². The highest BCUT2D eigenvalue weighted by Gasteiger charge is 2.25. The molecule has 3 saturated heterocycles. The van der Waals surface area contributed by atoms with Crippen molar-refractivity contribution in [3.63, 3.8) is 0 Å². The minimum atomic E-state index is -0.0878. The first-order valence-electron chi connectivity index (χ1n) is 14.1. The lowest BCUT2D eigenvalue weighted by Gasteiger charge is -2.35. The zero-order valence-electron chi connectivity index (χ0n) is 21.9. The number of piperidine rings is 2. The molecule has 0 unspecified atom stereocenters. The van der Waals surface area contributed by atoms with Gasteiger partial charge in [-0.15, -0.1) is 0 Å². The number of pyridine rings is 1. The number of carbonyl (C=O) groups excluding carboxylic acids is 1. The number of anilines is 1. The maximum atomic E-state index is 13.2. The first-order valence-corrected chi connectivity index (χ1v) is 14.1. The van der Waals surface area contributed by atoms with Crippen LogP contribution in [0.3, 0.4) is 0 Å². The molecule has 0 spiro atoms. The molecule has 5 heterocycles. The first kappa shape index (κ1) is 25.4. The third-order valence-electron chi connectivity index (χ3n) is 8.44. The second kappa shape index (κ2) is 11.9. The fraction of sp³-hybridized carbons (Fsp3) is 0.741. The Morgan fingerprint density at radius 1 is 0.944 bits per heavy atom. The van der Waals surface area contributed by atoms with E-state index in [1.165, 1.54) is 25.7 Å². The molecule has 1 amide bonds. The van der Waals surface area contributed by atoms with Crippen LogP contribution < -0.4 is 10.2 Å². The molecule has 0 radical (unpaired) electrons. The normalized spacial score (nSPS) is 21.7. The molecule has 5 rings (SSSR count). The highest BCUT2D eigenvalue weighted by molar-refractivity contribution is 6.04. The van der Waals surface area contributed by atoms with Crippen LogP contribution in [-0.2, 0) is 7.05 Å². The van der Waals surface area contributed by atoms with Crippen molar-refractivity contribution in [3.8, 4) is 0 Å². The molecule has 3 fully saturated rings. The summed E-state index contributed by atoms with van der Waals surface area (Å²) in [7, 11) is 1.88. The topological polar surface area (TPSA) is 89.8 Å². The summed E-state index contributed by atoms with van der Waals surface area (Å²) >= 11 is 0. The van der Waals surface area contributed by atoms with E-state index in [4.69, 9.17) is 4.98 Å². The van der Waals surface area contributed by atoms with Crippen LogP contribution in [0.15, 0.2) is 12.1 Å². The molecule has 9 heteroatoms. The van der Waals surface area contributed by atoms with Gasteiger partial charge in [0.1, 0.15) is 5.82 Å². The standard InChI is InChI=1S/C27H43N7O2/c1-31-26-23(6-7-24(29-26)34-12-4-2-3-5-13-34)25(30-31)27(36)28-22-10-16-33(17-11-22)19-18-32-14-8-21(20-35)9-15-32/h6-7,21-22,35H,2-5,8-20H2,1H3,(H,28,36). The van der Waals surface area contributed by atoms with E-state index in [9.17, 15) is 9.90 Å². The SMILES string of the molecule is Cn1nc(C(=O)NC2CCN(CCN3CCC(CO)CC3)CC2)c2ccc(N3CCCCCC3)nc21. The van der Waals surface area contributed by atoms with E-state index in [0.29, 0.717) is 18.2 Å². The molecule has 9 nitrogen and oxygen atoms in total. The number of carbonyl (C=O) groups is 1. The van der Waals surface area contributed by atoms with E-state index in [1.54, 1.807) is 4.68 Å². The lowest BCUT2D eigenvalue weighted by atomic mass is 9.98. The van der Waals surface area contributed by atoms with Gasteiger partial charge < -0.3 is 25.1 Å². The molecule has 0 aromatic carbocycles. The lowest BCUT2D eigenvalue weighted by Crippen LogP contribution is -2.47. The second-order valence-corrected chi connectivity index (χ2v) is 11.0. The molecule has 0 atom stereocenters. The van der Waals surface area contributed by atoms with Crippen LogP contribution in [0.5, 0.6) is 0 Å². The van der Waals surface area contributed by atoms with Crippen molar-refractivity contribution in [2.45, 2.75) is 57.4 Å². The summed E-state index contributed by atoms with van der Waals surface area (Å²) in [5, 5.41) is 18.0. The van der Waals surface area contributed by atoms with Crippen LogP contribution in [0.4, 0.5) is 5.82 Å². The molecular weight excluding hydrogens is 454 g/mol. The summed E-state index contributed by atoms with van der Waals surface area (Å²) < 4.78 is 1.75. The third kappa shape index (κ3) is 6.01. The molecule has 2 aromatic rings. The Bertz CT molecular complexity index is 1000. The molecule has 2 aromatic heterocycles. The van der Waals surface area contributed by atoms with Gasteiger partial charge in [-0.05, 0) is 69.7 Å². The Morgan fingerprint density at radius 2 is 1.58 bits per heavy atom. The zero-order chi connectivity index (χ0) is 24.9. The van der Waals surface area contributed by atoms with Gasteiger partial charge in [0.15, 0.2) is 11.3 Å². The Balaban J connectivity index is 1.12. The third-order valence-corrected chi connectivity index (χ3v) is 8.44. The van der Waals surface area contributed by atoms with Gasteiger partial charge in [0.2, 0.25) is 0 Å². The predicted octanol–water partition coefficient (Wildman–Crippen LogP) is 2.25. The van der Waals surface area contributed by atoms with Gasteiger partial charge in [-0.3, -0.25) is 4.79 Å². The molecule has 198 valence electrons. The summed E-state index contributed by atoms with van der Waals surface area (Å²) in [6, 6.07) is 4.27. The number of rotatable bonds is 7. The quantitative estimate of drug-likeness (QED) is 0.606. The van der Waals surface area contributed by atoms with Gasteiger partial charge in [0.05, 0.1) is 5.39 Å². The zero-order valence-corrected chi connectivity index (χ0v) is 21.9. The second-order valence-electron chi connectivity index (χ2n) is 11.0. The molecular formula is C27H43N7O2. The largest absolute Gasteiger partial charge is 0.396 e. The van der Waals surface area contributed by atoms with Gasteiger partial charge in [-0.1, -0.05) is 12.8 Å². The van der Waals surface area contributed by atoms with E-state index >= 15 is 0 Å². The Hall–Kier alpha value is -2.23. The van der Waals surface area contributed by atoms with Crippen molar-refractivity contribution in [1.82, 2.24) is 29.9 Å². The van der Waals surface area contributed by atoms with E-state index in [-0.39, 0.29) is 11.9 Å². The number of amides is 1. The molecule has 0 saturated carbocycles. The molecule has 3 aliphatic rings. The van der Waals surface area contributed by atoms with Crippen molar-refractivity contribution in [2.75, 3.05) is 63.9 Å². The molecule has 0 aliphatic carbocycles. The number of aliphatic hydroxyl groups excluding tert-OH is 1. The van der Waals surface area contributed by atoms with Crippen LogP contribution in [0, 0.1) is 5.92 Å². The Morgan fingerprint density at radius 3 is 2.22 bits per heavy atom. The van der Waals surface area contributed by atoms with Crippen molar-refractivity contribution >= 4 is 22.8 Å². The maximum absolute atomic E-state index is 13.2. The van der Waals surface area contributed by atoms with Gasteiger partial charge in [-0.25, -0.2) is 9.67 Å². The average Bonchev–Trinajstić information content (AvgIpc) is 3.07. The first-order chi connectivity index (χ1) is 17.6. The number of aromatic nitrogens is 3. The van der Waals surface area contributed by atoms with Crippen LogP contribution in [-0.4, -0.2) is 101 Å². The fourth-order valence-corrected chi connectivity index (χ4v) is 5.99. The van der Waals surface area contributed by atoms with Gasteiger partial charge in [0, 0.05) is 59.0 Å². The minimum Gasteiger partial charge on any atom is -0.396 e. The van der Waals surface area contributed by atoms with Crippen LogP contribution in [0.1, 0.15) is 61.9 Å². The number of fused-ring (bicyclic) bond motifs is 1. The average molecular weight is 498 g/mol. The number of nitrogens with one attached hydrogen (secondary N) is 1. The van der Waals surface area contributed by atoms with Gasteiger partial charge in [0.25, 0.3) is 5.91 Å². The van der Waals surface area contributed by atoms with E-state index < -0.39 is 0 Å². The fourth-order valence-electron chi connectivity index (χ4n) is 5.99. The highest BCUT2D eigenvalue weighted by Crippen LogP contribution is 2.24. The van der Waals surface area contributed by atoms with E-state index in [0.717, 1.165) is 94.9 Å². The molecule has 36 heavy (non-hydrogen) atoms. The van der Waals surface area contributed by atoms with Crippen molar-refractivity contribution in [3.05, 3.63) is 17.8 Å². The maximum Gasteiger partial charge on any atom is 0.272 e. The van der Waals surface area contributed by atoms with Crippen LogP contribution >= 0.6 is 0 Å². The van der Waals surface area contributed by atoms with Crippen LogP contribution in [0.2, 0.25) is 0 Å². The number of aliphatic hydroxyl groups is 1. The number of hydrogen-bond donors (Lipinski definition) is 2. The summed E-state index contributed by atoms with van der Waals surface area (Å²) in [4.78, 5) is 25.5. The minimum absolute atomic E-state index is 0.0878. The molecule has 2 N–H and O–H groups in total. The number of likely N-dealkylation sites (tertiary alicyclic amines) is 2. The van der Waals surface area contributed by atoms with Crippen LogP contribution in [0.25, 0.3) is 11.0 Å². The van der Waals surface area contributed by atoms with Crippen molar-refractivity contribution < 1.29 is 9.90 Å². The van der Waals surface area contributed by atoms with Gasteiger partial charge >= 0.3 is 0 Å². The Kier molecular flexibility index (Phi) is 8.39. The Labute approximate surface area is 214 Å². The summed E-state index contributed by atoms with van der Waals surface area (Å²) in [5.74, 6) is 1.40. The number of hydrogen-bond acceptors (Lipinski definition) is 7. The van der Waals surface area contributed by atoms with Gasteiger partial charge in [-0.2, -0.15) is 5.10 Å². The molecule has 3 aliphatic heterocycles. The lowest BCUT2D eigenvalue weighted by molar-refractivity contribution is 0.0892. The van der Waals surface area contributed by atoms with Crippen molar-refractivity contribution in [2.24, 2.45) is 13.0 Å². The van der Waals surface area contributed by atoms with Crippen molar-refractivity contribution in [1.29, 1.82) is 0 Å². The predicted molar refractivity (Wildman–Crippen MR) is 142 cm³/mol. The summed E-state index contributed by atoms with van der Waals surface area (Å²) in [5.41, 5.74) is 1.26. The highest BCUT2D eigenvalue weighted by atomic mass is 16.3. The smallest absolute Gasteiger partial charge is 0.272 e. The summed E-state index contributed by atoms with van der Waals surface area (Å²) in [6.07, 6.45) is 9.17. The number of nitrogens with zero attached hydrogens (tertiary/aromatic N) is 6. The number of aryl methyl sites for hydroxylation is 1. The summed E-state index contributed by atoms with van der Waals surface area (Å²) in [6.45, 7) is 8.84. The molecule has 0 bridgehead atoms.